The zero-order valence-electron chi connectivity index (χ0n) is 24.3. The average Bonchev–Trinajstić information content (AvgIpc) is 3.52. The summed E-state index contributed by atoms with van der Waals surface area (Å²) in [4.78, 5) is 4.39. The molecule has 2 aromatic heterocycles. The number of piperidine rings is 1. The number of fused-ring (bicyclic) bond motifs is 1. The van der Waals surface area contributed by atoms with Gasteiger partial charge in [-0.05, 0) is 60.9 Å². The molecule has 6 rings (SSSR count). The smallest absolute Gasteiger partial charge is 0.211 e. The molecule has 1 aliphatic heterocycles. The Labute approximate surface area is 273 Å². The monoisotopic (exact) mass is 682 g/mol. The number of hydrogen-bond acceptors (Lipinski definition) is 8. The molecule has 3 heterocycles. The summed E-state index contributed by atoms with van der Waals surface area (Å²) in [7, 11) is -3.27. The molecule has 1 unspecified atom stereocenters. The van der Waals surface area contributed by atoms with Crippen LogP contribution in [0.15, 0.2) is 67.0 Å². The predicted octanol–water partition coefficient (Wildman–Crippen LogP) is 6.82. The van der Waals surface area contributed by atoms with Crippen molar-refractivity contribution in [3.8, 4) is 6.07 Å². The molecule has 0 bridgehead atoms. The third kappa shape index (κ3) is 6.61. The van der Waals surface area contributed by atoms with Gasteiger partial charge >= 0.3 is 0 Å². The summed E-state index contributed by atoms with van der Waals surface area (Å²) in [5.74, 6) is -0.978. The first-order valence-electron chi connectivity index (χ1n) is 14.1. The van der Waals surface area contributed by atoms with E-state index in [0.29, 0.717) is 70.2 Å². The number of anilines is 3. The Morgan fingerprint density at radius 3 is 2.41 bits per heavy atom. The molecule has 0 amide bonds. The van der Waals surface area contributed by atoms with Crippen LogP contribution in [0.2, 0.25) is 10.0 Å². The highest BCUT2D eigenvalue weighted by Gasteiger charge is 2.28. The van der Waals surface area contributed by atoms with Gasteiger partial charge in [0.25, 0.3) is 0 Å². The molecule has 1 aliphatic rings. The topological polar surface area (TPSA) is 129 Å². The van der Waals surface area contributed by atoms with Gasteiger partial charge < -0.3 is 10.6 Å². The highest BCUT2D eigenvalue weighted by Crippen LogP contribution is 2.37. The molecule has 10 nitrogen and oxygen atoms in total. The fourth-order valence-electron chi connectivity index (χ4n) is 5.47. The minimum atomic E-state index is -3.27. The Bertz CT molecular complexity index is 2080. The van der Waals surface area contributed by atoms with Gasteiger partial charge in [0.1, 0.15) is 23.4 Å². The minimum Gasteiger partial charge on any atom is -0.373 e. The maximum Gasteiger partial charge on any atom is 0.211 e. The van der Waals surface area contributed by atoms with Crippen LogP contribution in [0.1, 0.15) is 41.7 Å². The van der Waals surface area contributed by atoms with E-state index in [1.165, 1.54) is 47.1 Å². The molecule has 0 radical (unpaired) electrons. The summed E-state index contributed by atoms with van der Waals surface area (Å²) in [5, 5.41) is 26.0. The lowest BCUT2D eigenvalue weighted by atomic mass is 10.0. The summed E-state index contributed by atoms with van der Waals surface area (Å²) >= 11 is 12.7. The van der Waals surface area contributed by atoms with E-state index in [1.54, 1.807) is 35.1 Å². The van der Waals surface area contributed by atoms with Crippen molar-refractivity contribution in [2.75, 3.05) is 30.0 Å². The van der Waals surface area contributed by atoms with E-state index in [9.17, 15) is 22.5 Å². The molecular weight excluding hydrogens is 657 g/mol. The Kier molecular flexibility index (Phi) is 8.80. The van der Waals surface area contributed by atoms with Gasteiger partial charge in [0.15, 0.2) is 0 Å². The van der Waals surface area contributed by atoms with Gasteiger partial charge in [-0.3, -0.25) is 4.98 Å². The first-order chi connectivity index (χ1) is 22.0. The van der Waals surface area contributed by atoms with Crippen LogP contribution in [0, 0.1) is 23.0 Å². The number of sulfonamides is 1. The van der Waals surface area contributed by atoms with E-state index in [-0.39, 0.29) is 16.6 Å². The van der Waals surface area contributed by atoms with E-state index in [2.05, 4.69) is 32.0 Å². The number of nitriles is 1. The fraction of sp³-hybridized carbons (Fsp3) is 0.226. The van der Waals surface area contributed by atoms with Crippen LogP contribution in [-0.4, -0.2) is 52.0 Å². The van der Waals surface area contributed by atoms with Gasteiger partial charge in [0, 0.05) is 36.0 Å². The van der Waals surface area contributed by atoms with Gasteiger partial charge in [-0.1, -0.05) is 40.5 Å². The van der Waals surface area contributed by atoms with Crippen LogP contribution in [0.25, 0.3) is 10.9 Å². The lowest BCUT2D eigenvalue weighted by Gasteiger charge is -2.29. The number of aromatic nitrogens is 4. The van der Waals surface area contributed by atoms with Crippen molar-refractivity contribution in [3.63, 3.8) is 0 Å². The summed E-state index contributed by atoms with van der Waals surface area (Å²) in [6.07, 6.45) is 5.55. The van der Waals surface area contributed by atoms with Crippen molar-refractivity contribution >= 4 is 61.2 Å². The van der Waals surface area contributed by atoms with Crippen molar-refractivity contribution < 1.29 is 17.2 Å². The average molecular weight is 684 g/mol. The first kappa shape index (κ1) is 31.6. The molecule has 236 valence electrons. The number of pyridine rings is 1. The second-order valence-corrected chi connectivity index (χ2v) is 13.7. The molecule has 1 saturated heterocycles. The number of hydrogen-bond donors (Lipinski definition) is 2. The molecule has 1 fully saturated rings. The minimum absolute atomic E-state index is 0.0488. The van der Waals surface area contributed by atoms with Gasteiger partial charge in [-0.25, -0.2) is 26.2 Å². The SMILES string of the molecule is CS(=O)(=O)N1CCC(n2cc(C(Nc3cc(Cl)c4ncc(C#N)c(Nc5ccc(F)c(Cl)c5)c4c3)c3ccc(F)cc3)nn2)CC1. The number of benzene rings is 3. The van der Waals surface area contributed by atoms with E-state index < -0.39 is 27.7 Å². The summed E-state index contributed by atoms with van der Waals surface area (Å²) in [6.45, 7) is 0.764. The maximum absolute atomic E-state index is 13.9. The van der Waals surface area contributed by atoms with E-state index in [1.807, 2.05) is 0 Å². The summed E-state index contributed by atoms with van der Waals surface area (Å²) in [6, 6.07) is 15.0. The van der Waals surface area contributed by atoms with Crippen LogP contribution >= 0.6 is 23.2 Å². The Balaban J connectivity index is 1.37. The van der Waals surface area contributed by atoms with Crippen molar-refractivity contribution in [1.82, 2.24) is 24.3 Å². The maximum atomic E-state index is 13.9. The standard InChI is InChI=1S/C31H26Cl2F2N8O2S/c1-46(44,45)42-10-8-23(9-11-42)43-17-28(40-41-43)30(18-2-4-20(34)5-3-18)39-22-12-24-29(38-21-6-7-27(35)25(32)13-21)19(15-36)16-37-31(24)26(33)14-22/h2-7,12-14,16-17,23,30,39H,8-11H2,1H3,(H,37,38). The van der Waals surface area contributed by atoms with Crippen LogP contribution in [0.5, 0.6) is 0 Å². The van der Waals surface area contributed by atoms with E-state index in [4.69, 9.17) is 23.2 Å². The second kappa shape index (κ2) is 12.8. The third-order valence-corrected chi connectivity index (χ3v) is 9.72. The zero-order valence-corrected chi connectivity index (χ0v) is 26.6. The lowest BCUT2D eigenvalue weighted by Crippen LogP contribution is -2.38. The number of nitrogens with zero attached hydrogens (tertiary/aromatic N) is 6. The normalized spacial score (nSPS) is 15.0. The molecular formula is C31H26Cl2F2N8O2S. The number of halogens is 4. The highest BCUT2D eigenvalue weighted by molar-refractivity contribution is 7.88. The first-order valence-corrected chi connectivity index (χ1v) is 16.7. The highest BCUT2D eigenvalue weighted by atomic mass is 35.5. The second-order valence-electron chi connectivity index (χ2n) is 10.9. The molecule has 5 aromatic rings. The van der Waals surface area contributed by atoms with E-state index in [0.717, 1.165) is 0 Å². The predicted molar refractivity (Wildman–Crippen MR) is 173 cm³/mol. The molecule has 3 aromatic carbocycles. The van der Waals surface area contributed by atoms with Crippen molar-refractivity contribution in [2.45, 2.75) is 24.9 Å². The van der Waals surface area contributed by atoms with Crippen LogP contribution in [-0.2, 0) is 10.0 Å². The van der Waals surface area contributed by atoms with Crippen LogP contribution in [0.4, 0.5) is 25.8 Å². The third-order valence-electron chi connectivity index (χ3n) is 7.84. The Hall–Kier alpha value is -4.35. The van der Waals surface area contributed by atoms with Gasteiger partial charge in [-0.15, -0.1) is 5.10 Å². The number of rotatable bonds is 8. The van der Waals surface area contributed by atoms with Crippen molar-refractivity contribution in [2.24, 2.45) is 0 Å². The molecule has 15 heteroatoms. The molecule has 0 aliphatic carbocycles. The molecule has 0 saturated carbocycles. The fourth-order valence-corrected chi connectivity index (χ4v) is 6.79. The van der Waals surface area contributed by atoms with Crippen LogP contribution in [0.3, 0.4) is 0 Å². The molecule has 1 atom stereocenters. The summed E-state index contributed by atoms with van der Waals surface area (Å²) < 4.78 is 54.9. The van der Waals surface area contributed by atoms with Crippen molar-refractivity contribution in [1.29, 1.82) is 5.26 Å². The molecule has 0 spiro atoms. The largest absolute Gasteiger partial charge is 0.373 e. The Morgan fingerprint density at radius 2 is 1.74 bits per heavy atom. The van der Waals surface area contributed by atoms with Gasteiger partial charge in [0.05, 0.1) is 51.3 Å². The Morgan fingerprint density at radius 1 is 1.02 bits per heavy atom. The summed E-state index contributed by atoms with van der Waals surface area (Å²) in [5.41, 5.74) is 3.27. The van der Waals surface area contributed by atoms with Crippen molar-refractivity contribution in [3.05, 3.63) is 105 Å². The molecule has 46 heavy (non-hydrogen) atoms. The van der Waals surface area contributed by atoms with E-state index >= 15 is 0 Å². The van der Waals surface area contributed by atoms with Gasteiger partial charge in [0.2, 0.25) is 10.0 Å². The molecule has 2 N–H and O–H groups in total. The van der Waals surface area contributed by atoms with Gasteiger partial charge in [-0.2, -0.15) is 5.26 Å². The lowest BCUT2D eigenvalue weighted by molar-refractivity contribution is 0.259. The zero-order chi connectivity index (χ0) is 32.6. The quantitative estimate of drug-likeness (QED) is 0.182. The van der Waals surface area contributed by atoms with Crippen LogP contribution < -0.4 is 10.6 Å². The number of nitrogens with one attached hydrogen (secondary N) is 2.